The van der Waals surface area contributed by atoms with Crippen molar-refractivity contribution >= 4 is 11.5 Å². The minimum Gasteiger partial charge on any atom is -0.228 e. The van der Waals surface area contributed by atoms with E-state index in [0.717, 1.165) is 11.4 Å². The van der Waals surface area contributed by atoms with Crippen LogP contribution in [-0.2, 0) is 6.42 Å². The lowest BCUT2D eigenvalue weighted by Gasteiger charge is -1.74. The van der Waals surface area contributed by atoms with Crippen molar-refractivity contribution in [1.82, 2.24) is 9.36 Å². The number of hydrogen-bond acceptors (Lipinski definition) is 3. The third-order valence-electron chi connectivity index (χ3n) is 0.709. The van der Waals surface area contributed by atoms with Gasteiger partial charge in [0.15, 0.2) is 0 Å². The van der Waals surface area contributed by atoms with Crippen LogP contribution in [0.15, 0.2) is 6.33 Å². The Morgan fingerprint density at radius 3 is 3.00 bits per heavy atom. The van der Waals surface area contributed by atoms with E-state index in [4.69, 9.17) is 0 Å². The third kappa shape index (κ3) is 0.962. The zero-order valence-electron chi connectivity index (χ0n) is 4.09. The van der Waals surface area contributed by atoms with E-state index in [0.29, 0.717) is 0 Å². The number of aromatic nitrogens is 2. The summed E-state index contributed by atoms with van der Waals surface area (Å²) < 4.78 is 3.82. The summed E-state index contributed by atoms with van der Waals surface area (Å²) in [6, 6.07) is 0. The fourth-order valence-electron chi connectivity index (χ4n) is 0.352. The molecular weight excluding hydrogens is 108 g/mol. The summed E-state index contributed by atoms with van der Waals surface area (Å²) in [5, 5.41) is 1.11. The molecule has 2 nitrogen and oxygen atoms in total. The van der Waals surface area contributed by atoms with Crippen molar-refractivity contribution in [1.29, 1.82) is 0 Å². The van der Waals surface area contributed by atoms with E-state index in [9.17, 15) is 0 Å². The second-order valence-corrected chi connectivity index (χ2v) is 2.05. The first-order valence-corrected chi connectivity index (χ1v) is 2.96. The molecule has 0 spiro atoms. The smallest absolute Gasteiger partial charge is 0.129 e. The van der Waals surface area contributed by atoms with Crippen molar-refractivity contribution in [3.05, 3.63) is 11.3 Å². The highest BCUT2D eigenvalue weighted by Crippen LogP contribution is 1.97. The normalized spacial score (nSPS) is 9.29. The SMILES string of the molecule is CCc1ncns1. The second kappa shape index (κ2) is 2.02. The lowest BCUT2D eigenvalue weighted by molar-refractivity contribution is 1.09. The first-order valence-electron chi connectivity index (χ1n) is 2.19. The molecule has 0 saturated carbocycles. The predicted molar refractivity (Wildman–Crippen MR) is 29.3 cm³/mol. The van der Waals surface area contributed by atoms with Gasteiger partial charge in [-0.3, -0.25) is 0 Å². The molecule has 1 rings (SSSR count). The van der Waals surface area contributed by atoms with Crippen LogP contribution in [0.2, 0.25) is 0 Å². The summed E-state index contributed by atoms with van der Waals surface area (Å²) in [6.07, 6.45) is 2.59. The standard InChI is InChI=1S/C4H6N2S/c1-2-4-5-3-6-7-4/h3H,2H2,1H3. The Labute approximate surface area is 46.4 Å². The van der Waals surface area contributed by atoms with Gasteiger partial charge in [-0.2, -0.15) is 4.37 Å². The van der Waals surface area contributed by atoms with Gasteiger partial charge in [0.05, 0.1) is 0 Å². The van der Waals surface area contributed by atoms with E-state index in [1.807, 2.05) is 0 Å². The molecule has 0 saturated heterocycles. The quantitative estimate of drug-likeness (QED) is 0.546. The number of nitrogens with zero attached hydrogens (tertiary/aromatic N) is 2. The van der Waals surface area contributed by atoms with Crippen LogP contribution in [0.25, 0.3) is 0 Å². The zero-order chi connectivity index (χ0) is 5.11. The highest BCUT2D eigenvalue weighted by Gasteiger charge is 1.86. The molecule has 1 aromatic rings. The van der Waals surface area contributed by atoms with Crippen molar-refractivity contribution in [2.45, 2.75) is 13.3 Å². The number of rotatable bonds is 1. The summed E-state index contributed by atoms with van der Waals surface area (Å²) >= 11 is 1.46. The Balaban J connectivity index is 2.76. The fraction of sp³-hybridized carbons (Fsp3) is 0.500. The average Bonchev–Trinajstić information content (AvgIpc) is 2.14. The Morgan fingerprint density at radius 1 is 1.86 bits per heavy atom. The Kier molecular flexibility index (Phi) is 1.36. The van der Waals surface area contributed by atoms with Crippen molar-refractivity contribution in [3.8, 4) is 0 Å². The van der Waals surface area contributed by atoms with Gasteiger partial charge in [0.1, 0.15) is 11.3 Å². The first-order chi connectivity index (χ1) is 3.43. The summed E-state index contributed by atoms with van der Waals surface area (Å²) in [4.78, 5) is 3.94. The molecule has 7 heavy (non-hydrogen) atoms. The fourth-order valence-corrected chi connectivity index (χ4v) is 0.791. The molecule has 0 radical (unpaired) electrons. The third-order valence-corrected chi connectivity index (χ3v) is 1.51. The highest BCUT2D eigenvalue weighted by atomic mass is 32.1. The van der Waals surface area contributed by atoms with Crippen molar-refractivity contribution in [3.63, 3.8) is 0 Å². The molecule has 1 aromatic heterocycles. The second-order valence-electron chi connectivity index (χ2n) is 1.19. The monoisotopic (exact) mass is 114 g/mol. The van der Waals surface area contributed by atoms with Crippen molar-refractivity contribution < 1.29 is 0 Å². The molecule has 0 unspecified atom stereocenters. The number of aryl methyl sites for hydroxylation is 1. The molecule has 0 amide bonds. The summed E-state index contributed by atoms with van der Waals surface area (Å²) in [5.41, 5.74) is 0. The van der Waals surface area contributed by atoms with Gasteiger partial charge in [0.25, 0.3) is 0 Å². The van der Waals surface area contributed by atoms with Gasteiger partial charge in [0.2, 0.25) is 0 Å². The van der Waals surface area contributed by atoms with E-state index in [1.165, 1.54) is 11.5 Å². The summed E-state index contributed by atoms with van der Waals surface area (Å²) in [7, 11) is 0. The maximum absolute atomic E-state index is 3.94. The Bertz CT molecular complexity index is 124. The minimum atomic E-state index is 1.00. The van der Waals surface area contributed by atoms with Crippen LogP contribution in [0.1, 0.15) is 11.9 Å². The first kappa shape index (κ1) is 4.71. The van der Waals surface area contributed by atoms with Crippen LogP contribution in [0, 0.1) is 0 Å². The van der Waals surface area contributed by atoms with Gasteiger partial charge in [-0.25, -0.2) is 4.98 Å². The topological polar surface area (TPSA) is 25.8 Å². The molecule has 1 heterocycles. The van der Waals surface area contributed by atoms with E-state index >= 15 is 0 Å². The molecule has 3 heteroatoms. The molecule has 0 atom stereocenters. The molecule has 0 aliphatic carbocycles. The Hall–Kier alpha value is -0.440. The van der Waals surface area contributed by atoms with Gasteiger partial charge in [-0.05, 0) is 18.0 Å². The average molecular weight is 114 g/mol. The number of hydrogen-bond donors (Lipinski definition) is 0. The van der Waals surface area contributed by atoms with Crippen molar-refractivity contribution in [2.24, 2.45) is 0 Å². The van der Waals surface area contributed by atoms with E-state index in [2.05, 4.69) is 16.3 Å². The van der Waals surface area contributed by atoms with Crippen LogP contribution in [-0.4, -0.2) is 9.36 Å². The maximum atomic E-state index is 3.94. The van der Waals surface area contributed by atoms with E-state index in [-0.39, 0.29) is 0 Å². The lowest BCUT2D eigenvalue weighted by atomic mass is 10.5. The van der Waals surface area contributed by atoms with Crippen LogP contribution in [0.4, 0.5) is 0 Å². The lowest BCUT2D eigenvalue weighted by Crippen LogP contribution is -1.70. The molecule has 38 valence electrons. The Morgan fingerprint density at radius 2 is 2.71 bits per heavy atom. The van der Waals surface area contributed by atoms with Gasteiger partial charge in [0, 0.05) is 0 Å². The van der Waals surface area contributed by atoms with Crippen LogP contribution < -0.4 is 0 Å². The molecule has 0 bridgehead atoms. The van der Waals surface area contributed by atoms with Crippen LogP contribution >= 0.6 is 11.5 Å². The largest absolute Gasteiger partial charge is 0.228 e. The highest BCUT2D eigenvalue weighted by molar-refractivity contribution is 7.05. The van der Waals surface area contributed by atoms with Crippen molar-refractivity contribution in [2.75, 3.05) is 0 Å². The molecular formula is C4H6N2S. The zero-order valence-corrected chi connectivity index (χ0v) is 4.90. The van der Waals surface area contributed by atoms with Gasteiger partial charge in [-0.15, -0.1) is 0 Å². The van der Waals surface area contributed by atoms with Gasteiger partial charge >= 0.3 is 0 Å². The molecule has 0 fully saturated rings. The summed E-state index contributed by atoms with van der Waals surface area (Å²) in [6.45, 7) is 2.07. The van der Waals surface area contributed by atoms with E-state index < -0.39 is 0 Å². The van der Waals surface area contributed by atoms with Crippen LogP contribution in [0.3, 0.4) is 0 Å². The minimum absolute atomic E-state index is 1.00. The molecule has 0 N–H and O–H groups in total. The maximum Gasteiger partial charge on any atom is 0.129 e. The molecule has 0 aliphatic rings. The van der Waals surface area contributed by atoms with E-state index in [1.54, 1.807) is 6.33 Å². The molecule has 0 aromatic carbocycles. The predicted octanol–water partition coefficient (Wildman–Crippen LogP) is 1.10. The van der Waals surface area contributed by atoms with Gasteiger partial charge in [-0.1, -0.05) is 6.92 Å². The van der Waals surface area contributed by atoms with Crippen LogP contribution in [0.5, 0.6) is 0 Å². The summed E-state index contributed by atoms with van der Waals surface area (Å²) in [5.74, 6) is 0. The van der Waals surface area contributed by atoms with Gasteiger partial charge < -0.3 is 0 Å². The molecule has 0 aliphatic heterocycles.